The van der Waals surface area contributed by atoms with Gasteiger partial charge in [-0.1, -0.05) is 65.8 Å². The average molecular weight is 859 g/mol. The zero-order valence-electron chi connectivity index (χ0n) is 35.4. The molecule has 0 saturated carbocycles. The third kappa shape index (κ3) is 7.85. The Morgan fingerprint density at radius 1 is 0.667 bits per heavy atom. The molecule has 0 fully saturated rings. The van der Waals surface area contributed by atoms with E-state index in [9.17, 15) is 0 Å². The number of rotatable bonds is 6. The van der Waals surface area contributed by atoms with Crippen LogP contribution in [-0.4, -0.2) is 23.8 Å². The Balaban J connectivity index is 0.000000286. The van der Waals surface area contributed by atoms with Crippen molar-refractivity contribution in [1.29, 1.82) is 10.5 Å². The van der Waals surface area contributed by atoms with E-state index in [1.54, 1.807) is 34.3 Å². The fourth-order valence-electron chi connectivity index (χ4n) is 6.21. The van der Waals surface area contributed by atoms with E-state index < -0.39 is 14.0 Å². The molecule has 0 radical (unpaired) electrons. The summed E-state index contributed by atoms with van der Waals surface area (Å²) < 4.78 is 46.7. The van der Waals surface area contributed by atoms with Crippen molar-refractivity contribution in [3.05, 3.63) is 133 Å². The van der Waals surface area contributed by atoms with Crippen LogP contribution in [0.5, 0.6) is 0 Å². The predicted octanol–water partition coefficient (Wildman–Crippen LogP) is 9.90. The summed E-state index contributed by atoms with van der Waals surface area (Å²) in [6, 6.07) is 27.0. The first-order valence-corrected chi connectivity index (χ1v) is 16.6. The topological polar surface area (TPSA) is 74.6 Å². The summed E-state index contributed by atoms with van der Waals surface area (Å²) >= 11 is 0. The Bertz CT molecular complexity index is 2260. The third-order valence-corrected chi connectivity index (χ3v) is 8.87. The first-order chi connectivity index (χ1) is 26.4. The van der Waals surface area contributed by atoms with Crippen LogP contribution in [0.15, 0.2) is 85.5 Å². The van der Waals surface area contributed by atoms with Crippen LogP contribution in [-0.2, 0) is 21.1 Å². The molecule has 5 aromatic rings. The molecular weight excluding hydrogens is 810 g/mol. The van der Waals surface area contributed by atoms with Crippen molar-refractivity contribution in [2.24, 2.45) is 0 Å². The molecular formula is C43H43N7Pt. The minimum Gasteiger partial charge on any atom is -0.657 e. The molecule has 0 atom stereocenters. The van der Waals surface area contributed by atoms with Gasteiger partial charge in [-0.15, -0.1) is 46.2 Å². The van der Waals surface area contributed by atoms with E-state index in [1.165, 1.54) is 52.2 Å². The quantitative estimate of drug-likeness (QED) is 0.158. The van der Waals surface area contributed by atoms with Gasteiger partial charge in [0.25, 0.3) is 0 Å². The second-order valence-electron chi connectivity index (χ2n) is 13.4. The molecule has 0 amide bonds. The van der Waals surface area contributed by atoms with Crippen molar-refractivity contribution >= 4 is 33.2 Å². The molecule has 260 valence electrons. The van der Waals surface area contributed by atoms with Crippen LogP contribution in [0.1, 0.15) is 95.3 Å². The molecule has 0 saturated heterocycles. The number of hydrogen-bond donors (Lipinski definition) is 0. The van der Waals surface area contributed by atoms with Gasteiger partial charge in [0.15, 0.2) is 0 Å². The number of anilines is 2. The molecule has 51 heavy (non-hydrogen) atoms. The summed E-state index contributed by atoms with van der Waals surface area (Å²) in [5, 5.41) is 19.6. The fourth-order valence-corrected chi connectivity index (χ4v) is 6.21. The number of fused-ring (bicyclic) bond motifs is 3. The van der Waals surface area contributed by atoms with Crippen molar-refractivity contribution in [3.63, 3.8) is 0 Å². The van der Waals surface area contributed by atoms with Crippen molar-refractivity contribution in [2.45, 2.75) is 59.3 Å². The van der Waals surface area contributed by atoms with Crippen LogP contribution in [0.3, 0.4) is 0 Å². The van der Waals surface area contributed by atoms with Gasteiger partial charge in [0, 0.05) is 8.22 Å². The zero-order chi connectivity index (χ0) is 40.7. The van der Waals surface area contributed by atoms with Crippen molar-refractivity contribution in [1.82, 2.24) is 14.8 Å². The van der Waals surface area contributed by atoms with E-state index in [4.69, 9.17) is 18.7 Å². The summed E-state index contributed by atoms with van der Waals surface area (Å²) in [6.45, 7) is 11.6. The first kappa shape index (κ1) is 29.7. The van der Waals surface area contributed by atoms with E-state index in [0.717, 1.165) is 32.9 Å². The number of benzene rings is 4. The Morgan fingerprint density at radius 3 is 1.51 bits per heavy atom. The van der Waals surface area contributed by atoms with Gasteiger partial charge in [-0.05, 0) is 114 Å². The second kappa shape index (κ2) is 15.5. The van der Waals surface area contributed by atoms with Crippen LogP contribution in [0, 0.1) is 42.1 Å². The van der Waals surface area contributed by atoms with E-state index in [2.05, 4.69) is 76.9 Å². The largest absolute Gasteiger partial charge is 4.00 e. The molecule has 0 unspecified atom stereocenters. The van der Waals surface area contributed by atoms with Crippen LogP contribution < -0.4 is 14.8 Å². The Morgan fingerprint density at radius 2 is 1.14 bits per heavy atom. The van der Waals surface area contributed by atoms with Crippen LogP contribution in [0.2, 0.25) is 0 Å². The summed E-state index contributed by atoms with van der Waals surface area (Å²) in [7, 11) is 0. The predicted molar refractivity (Wildman–Crippen MR) is 205 cm³/mol. The van der Waals surface area contributed by atoms with E-state index >= 15 is 0 Å². The summed E-state index contributed by atoms with van der Waals surface area (Å²) in [5.41, 5.74) is 10.1. The van der Waals surface area contributed by atoms with Gasteiger partial charge in [0.1, 0.15) is 0 Å². The molecule has 0 spiro atoms. The standard InChI is InChI=1S/C29H37N4.C14H6N3.Pt/c1-20(2)23-15-27(21(3)4)29(28(16-23)22(5)6)24-13-25(32-11-9-30(7)18-32)17-26(14-24)33-12-10-31(8)19-33;15-7-9-1-3-13-11(5-9)12-6-10(8-16)2-4-14(12)17-13;/h9-16,18-22H,1-8H3;1-6H;/q-3;-1;+4/i7D3,8D3;;. The smallest absolute Gasteiger partial charge is 0.657 e. The minimum atomic E-state index is -2.31. The van der Waals surface area contributed by atoms with Gasteiger partial charge in [-0.3, -0.25) is 0 Å². The molecule has 0 bridgehead atoms. The van der Waals surface area contributed by atoms with Crippen LogP contribution >= 0.6 is 0 Å². The summed E-state index contributed by atoms with van der Waals surface area (Å²) in [5.74, 6) is 0.913. The first-order valence-electron chi connectivity index (χ1n) is 19.6. The second-order valence-corrected chi connectivity index (χ2v) is 13.4. The van der Waals surface area contributed by atoms with Crippen molar-refractivity contribution in [2.75, 3.05) is 23.8 Å². The van der Waals surface area contributed by atoms with Gasteiger partial charge >= 0.3 is 21.1 Å². The molecule has 7 nitrogen and oxygen atoms in total. The molecule has 1 aromatic heterocycles. The third-order valence-electron chi connectivity index (χ3n) is 8.87. The van der Waals surface area contributed by atoms with Gasteiger partial charge in [-0.2, -0.15) is 23.9 Å². The molecule has 0 N–H and O–H groups in total. The van der Waals surface area contributed by atoms with E-state index in [0.29, 0.717) is 28.4 Å². The minimum absolute atomic E-state index is 0. The van der Waals surface area contributed by atoms with Gasteiger partial charge in [-0.25, -0.2) is 0 Å². The van der Waals surface area contributed by atoms with E-state index in [-0.39, 0.29) is 32.9 Å². The maximum Gasteiger partial charge on any atom is 4.00 e. The Kier molecular flexibility index (Phi) is 9.04. The fraction of sp³-hybridized carbons (Fsp3) is 0.256. The Labute approximate surface area is 325 Å². The normalized spacial score (nSPS) is 16.0. The van der Waals surface area contributed by atoms with Gasteiger partial charge < -0.3 is 24.6 Å². The maximum absolute atomic E-state index is 8.88. The number of nitriles is 2. The zero-order valence-corrected chi connectivity index (χ0v) is 31.7. The van der Waals surface area contributed by atoms with E-state index in [1.807, 2.05) is 36.4 Å². The van der Waals surface area contributed by atoms with Crippen molar-refractivity contribution in [3.8, 4) is 23.3 Å². The summed E-state index contributed by atoms with van der Waals surface area (Å²) in [6.07, 6.45) is 6.42. The van der Waals surface area contributed by atoms with Gasteiger partial charge in [0.2, 0.25) is 0 Å². The number of hydrogen-bond acceptors (Lipinski definition) is 6. The number of nitrogens with zero attached hydrogens (tertiary/aromatic N) is 7. The molecule has 3 heterocycles. The van der Waals surface area contributed by atoms with Crippen LogP contribution in [0.4, 0.5) is 11.4 Å². The average Bonchev–Trinajstić information content (AvgIpc) is 3.93. The number of aromatic nitrogens is 1. The van der Waals surface area contributed by atoms with Crippen LogP contribution in [0.25, 0.3) is 32.9 Å². The Hall–Kier alpha value is -4.97. The molecule has 8 heteroatoms. The SMILES string of the molecule is N#Cc1ccc2[n-]c3ccc(C#N)cc3c2c1.[2H]C([2H])([2H])N1C=CN(c2[c-]c(N3C=CN(C([2H])([2H])[2H])[CH-]3)cc(-c3c(C(C)C)cc(C(C)C)cc3C(C)C)c2)[CH-]1.[Pt+4]. The molecule has 2 aliphatic rings. The summed E-state index contributed by atoms with van der Waals surface area (Å²) in [4.78, 5) is 10.3. The van der Waals surface area contributed by atoms with Crippen molar-refractivity contribution < 1.29 is 29.3 Å². The molecule has 7 rings (SSSR count). The molecule has 0 aliphatic carbocycles. The maximum atomic E-state index is 8.88. The monoisotopic (exact) mass is 858 g/mol. The molecule has 4 aromatic carbocycles. The van der Waals surface area contributed by atoms with Gasteiger partial charge in [0.05, 0.1) is 23.3 Å². The molecule has 2 aliphatic heterocycles.